The van der Waals surface area contributed by atoms with Crippen molar-refractivity contribution in [2.24, 2.45) is 5.10 Å². The average Bonchev–Trinajstić information content (AvgIpc) is 2.51. The van der Waals surface area contributed by atoms with Crippen LogP contribution < -0.4 is 9.57 Å². The Morgan fingerprint density at radius 2 is 1.91 bits per heavy atom. The van der Waals surface area contributed by atoms with Crippen molar-refractivity contribution in [3.63, 3.8) is 0 Å². The second kappa shape index (κ2) is 7.15. The lowest BCUT2D eigenvalue weighted by Gasteiger charge is -2.07. The van der Waals surface area contributed by atoms with Crippen LogP contribution in [0.1, 0.15) is 18.1 Å². The third kappa shape index (κ3) is 4.23. The van der Waals surface area contributed by atoms with Crippen molar-refractivity contribution in [3.05, 3.63) is 53.6 Å². The third-order valence-electron chi connectivity index (χ3n) is 3.04. The molecule has 0 saturated heterocycles. The maximum atomic E-state index is 12.1. The van der Waals surface area contributed by atoms with Crippen molar-refractivity contribution in [2.45, 2.75) is 18.7 Å². The van der Waals surface area contributed by atoms with Crippen molar-refractivity contribution in [1.29, 1.82) is 0 Å². The summed E-state index contributed by atoms with van der Waals surface area (Å²) in [6, 6.07) is 11.3. The van der Waals surface area contributed by atoms with E-state index < -0.39 is 10.0 Å². The van der Waals surface area contributed by atoms with Crippen LogP contribution in [0.15, 0.2) is 52.5 Å². The number of hydrogen-bond acceptors (Lipinski definition) is 5. The first kappa shape index (κ1) is 16.8. The summed E-state index contributed by atoms with van der Waals surface area (Å²) >= 11 is 0. The second-order valence-electron chi connectivity index (χ2n) is 4.79. The van der Waals surface area contributed by atoms with Crippen molar-refractivity contribution in [2.75, 3.05) is 6.61 Å². The first-order chi connectivity index (χ1) is 10.9. The number of nitrogens with zero attached hydrogens (tertiary/aromatic N) is 1. The van der Waals surface area contributed by atoms with Crippen LogP contribution in [-0.4, -0.2) is 26.3 Å². The van der Waals surface area contributed by atoms with E-state index in [4.69, 9.17) is 4.74 Å². The van der Waals surface area contributed by atoms with E-state index in [-0.39, 0.29) is 10.6 Å². The topological polar surface area (TPSA) is 88.0 Å². The smallest absolute Gasteiger partial charge is 0.276 e. The molecule has 0 aliphatic heterocycles. The molecule has 23 heavy (non-hydrogen) atoms. The van der Waals surface area contributed by atoms with Crippen LogP contribution in [-0.2, 0) is 10.0 Å². The molecule has 0 fully saturated rings. The molecule has 2 aromatic carbocycles. The molecule has 0 unspecified atom stereocenters. The van der Waals surface area contributed by atoms with Gasteiger partial charge < -0.3 is 9.84 Å². The Morgan fingerprint density at radius 1 is 1.22 bits per heavy atom. The molecule has 0 heterocycles. The molecule has 0 aliphatic rings. The van der Waals surface area contributed by atoms with E-state index >= 15 is 0 Å². The first-order valence-electron chi connectivity index (χ1n) is 7.00. The highest BCUT2D eigenvalue weighted by molar-refractivity contribution is 7.89. The van der Waals surface area contributed by atoms with E-state index in [9.17, 15) is 13.5 Å². The predicted octanol–water partition coefficient (Wildman–Crippen LogP) is 2.41. The molecule has 0 aliphatic carbocycles. The van der Waals surface area contributed by atoms with Gasteiger partial charge in [-0.15, -0.1) is 0 Å². The fourth-order valence-electron chi connectivity index (χ4n) is 1.85. The highest BCUT2D eigenvalue weighted by Gasteiger charge is 2.12. The van der Waals surface area contributed by atoms with Crippen LogP contribution in [0.2, 0.25) is 0 Å². The summed E-state index contributed by atoms with van der Waals surface area (Å²) in [4.78, 5) is 2.23. The summed E-state index contributed by atoms with van der Waals surface area (Å²) in [6.07, 6.45) is 1.23. The maximum Gasteiger partial charge on any atom is 0.276 e. The zero-order valence-corrected chi connectivity index (χ0v) is 13.7. The van der Waals surface area contributed by atoms with Crippen LogP contribution in [0.3, 0.4) is 0 Å². The summed E-state index contributed by atoms with van der Waals surface area (Å²) < 4.78 is 29.4. The van der Waals surface area contributed by atoms with Crippen molar-refractivity contribution < 1.29 is 18.3 Å². The highest BCUT2D eigenvalue weighted by atomic mass is 32.2. The lowest BCUT2D eigenvalue weighted by atomic mass is 10.2. The Hall–Kier alpha value is -2.54. The van der Waals surface area contributed by atoms with Gasteiger partial charge in [0.25, 0.3) is 10.0 Å². The number of phenols is 1. The number of phenolic OH excluding ortho intramolecular Hbond substituents is 1. The number of sulfonamides is 1. The van der Waals surface area contributed by atoms with Gasteiger partial charge in [0.2, 0.25) is 0 Å². The van der Waals surface area contributed by atoms with Gasteiger partial charge >= 0.3 is 0 Å². The van der Waals surface area contributed by atoms with Crippen LogP contribution in [0, 0.1) is 6.92 Å². The number of aryl methyl sites for hydroxylation is 1. The van der Waals surface area contributed by atoms with E-state index in [2.05, 4.69) is 9.93 Å². The molecule has 2 aromatic rings. The standard InChI is InChI=1S/C16H18N2O4S/c1-3-22-15-6-4-5-13(16(15)19)11-17-18-23(20,21)14-9-7-12(2)8-10-14/h4-11,18-19H,3H2,1-2H3/b17-11+. The van der Waals surface area contributed by atoms with Crippen LogP contribution in [0.4, 0.5) is 0 Å². The molecule has 0 radical (unpaired) electrons. The van der Waals surface area contributed by atoms with Crippen LogP contribution in [0.25, 0.3) is 0 Å². The predicted molar refractivity (Wildman–Crippen MR) is 88.4 cm³/mol. The van der Waals surface area contributed by atoms with Gasteiger partial charge in [-0.2, -0.15) is 13.5 Å². The van der Waals surface area contributed by atoms with Crippen molar-refractivity contribution in [3.8, 4) is 11.5 Å². The SMILES string of the molecule is CCOc1cccc(/C=N/NS(=O)(=O)c2ccc(C)cc2)c1O. The Kier molecular flexibility index (Phi) is 5.23. The average molecular weight is 334 g/mol. The number of benzene rings is 2. The van der Waals surface area contributed by atoms with Crippen molar-refractivity contribution in [1.82, 2.24) is 4.83 Å². The zero-order valence-electron chi connectivity index (χ0n) is 12.9. The molecule has 0 atom stereocenters. The summed E-state index contributed by atoms with van der Waals surface area (Å²) in [5.41, 5.74) is 1.31. The Labute approximate surface area is 135 Å². The number of para-hydroxylation sites is 1. The van der Waals surface area contributed by atoms with Gasteiger partial charge in [0.15, 0.2) is 11.5 Å². The summed E-state index contributed by atoms with van der Waals surface area (Å²) in [5, 5.41) is 13.7. The fraction of sp³-hybridized carbons (Fsp3) is 0.188. The largest absolute Gasteiger partial charge is 0.504 e. The molecule has 0 bridgehead atoms. The van der Waals surface area contributed by atoms with E-state index in [0.717, 1.165) is 5.56 Å². The van der Waals surface area contributed by atoms with Crippen LogP contribution >= 0.6 is 0 Å². The zero-order chi connectivity index (χ0) is 16.9. The number of ether oxygens (including phenoxy) is 1. The molecule has 6 nitrogen and oxygen atoms in total. The lowest BCUT2D eigenvalue weighted by molar-refractivity contribution is 0.318. The maximum absolute atomic E-state index is 12.1. The number of aromatic hydroxyl groups is 1. The first-order valence-corrected chi connectivity index (χ1v) is 8.48. The molecule has 0 aromatic heterocycles. The summed E-state index contributed by atoms with van der Waals surface area (Å²) in [5.74, 6) is 0.227. The molecule has 0 saturated carbocycles. The minimum absolute atomic E-state index is 0.0902. The second-order valence-corrected chi connectivity index (χ2v) is 6.45. The van der Waals surface area contributed by atoms with Gasteiger partial charge in [-0.25, -0.2) is 4.83 Å². The molecule has 0 amide bonds. The minimum atomic E-state index is -3.74. The highest BCUT2D eigenvalue weighted by Crippen LogP contribution is 2.28. The quantitative estimate of drug-likeness (QED) is 0.627. The molecular formula is C16H18N2O4S. The monoisotopic (exact) mass is 334 g/mol. The molecular weight excluding hydrogens is 316 g/mol. The van der Waals surface area contributed by atoms with E-state index in [0.29, 0.717) is 17.9 Å². The normalized spacial score (nSPS) is 11.6. The molecule has 2 rings (SSSR count). The van der Waals surface area contributed by atoms with E-state index in [1.54, 1.807) is 37.3 Å². The van der Waals surface area contributed by atoms with Gasteiger partial charge in [0.1, 0.15) is 0 Å². The number of rotatable bonds is 6. The number of nitrogens with one attached hydrogen (secondary N) is 1. The summed E-state index contributed by atoms with van der Waals surface area (Å²) in [7, 11) is -3.74. The third-order valence-corrected chi connectivity index (χ3v) is 4.28. The Bertz CT molecular complexity index is 799. The van der Waals surface area contributed by atoms with Gasteiger partial charge in [-0.05, 0) is 38.1 Å². The molecule has 2 N–H and O–H groups in total. The van der Waals surface area contributed by atoms with Crippen molar-refractivity contribution >= 4 is 16.2 Å². The minimum Gasteiger partial charge on any atom is -0.504 e. The van der Waals surface area contributed by atoms with Gasteiger partial charge in [0.05, 0.1) is 17.7 Å². The Morgan fingerprint density at radius 3 is 2.57 bits per heavy atom. The van der Waals surface area contributed by atoms with Gasteiger partial charge in [0, 0.05) is 5.56 Å². The van der Waals surface area contributed by atoms with Gasteiger partial charge in [-0.1, -0.05) is 23.8 Å². The number of hydrogen-bond donors (Lipinski definition) is 2. The fourth-order valence-corrected chi connectivity index (χ4v) is 2.64. The molecule has 7 heteroatoms. The van der Waals surface area contributed by atoms with Crippen LogP contribution in [0.5, 0.6) is 11.5 Å². The Balaban J connectivity index is 2.15. The lowest BCUT2D eigenvalue weighted by Crippen LogP contribution is -2.18. The molecule has 122 valence electrons. The summed E-state index contributed by atoms with van der Waals surface area (Å²) in [6.45, 7) is 4.08. The van der Waals surface area contributed by atoms with Gasteiger partial charge in [-0.3, -0.25) is 0 Å². The van der Waals surface area contributed by atoms with E-state index in [1.807, 2.05) is 6.92 Å². The molecule has 0 spiro atoms. The number of hydrazone groups is 1. The van der Waals surface area contributed by atoms with E-state index in [1.165, 1.54) is 18.3 Å².